The smallest absolute Gasteiger partial charge is 0.414 e. The fraction of sp³-hybridized carbons (Fsp3) is 0.154. The quantitative estimate of drug-likeness (QED) is 0.619. The van der Waals surface area contributed by atoms with Gasteiger partial charge in [0.25, 0.3) is 0 Å². The van der Waals surface area contributed by atoms with Crippen molar-refractivity contribution in [3.05, 3.63) is 89.0 Å². The van der Waals surface area contributed by atoms with E-state index in [0.29, 0.717) is 16.8 Å². The van der Waals surface area contributed by atoms with Crippen molar-refractivity contribution < 1.29 is 19.4 Å². The lowest BCUT2D eigenvalue weighted by molar-refractivity contribution is -0.136. The van der Waals surface area contributed by atoms with Crippen LogP contribution in [0.5, 0.6) is 0 Å². The molecule has 0 unspecified atom stereocenters. The van der Waals surface area contributed by atoms with E-state index in [9.17, 15) is 9.59 Å². The molecule has 3 aromatic carbocycles. The molecule has 1 N–H and O–H groups in total. The fourth-order valence-corrected chi connectivity index (χ4v) is 4.02. The van der Waals surface area contributed by atoms with Crippen LogP contribution in [0, 0.1) is 12.3 Å². The van der Waals surface area contributed by atoms with Gasteiger partial charge in [-0.05, 0) is 46.0 Å². The molecule has 1 aliphatic carbocycles. The van der Waals surface area contributed by atoms with Crippen molar-refractivity contribution in [3.8, 4) is 23.5 Å². The molecule has 4 rings (SSSR count). The van der Waals surface area contributed by atoms with Gasteiger partial charge in [0, 0.05) is 24.2 Å². The van der Waals surface area contributed by atoms with E-state index in [-0.39, 0.29) is 18.9 Å². The van der Waals surface area contributed by atoms with Crippen LogP contribution in [0.2, 0.25) is 0 Å². The Kier molecular flexibility index (Phi) is 5.46. The summed E-state index contributed by atoms with van der Waals surface area (Å²) < 4.78 is 5.67. The van der Waals surface area contributed by atoms with Crippen molar-refractivity contribution in [2.24, 2.45) is 0 Å². The second-order valence-corrected chi connectivity index (χ2v) is 7.47. The number of nitrogens with zero attached hydrogens (tertiary/aromatic N) is 1. The Bertz CT molecular complexity index is 1160. The third kappa shape index (κ3) is 4.01. The zero-order valence-electron chi connectivity index (χ0n) is 17.0. The average Bonchev–Trinajstić information content (AvgIpc) is 3.10. The molecular formula is C26H21NO4. The molecule has 0 heterocycles. The van der Waals surface area contributed by atoms with Gasteiger partial charge in [0.05, 0.1) is 6.42 Å². The van der Waals surface area contributed by atoms with Crippen molar-refractivity contribution in [1.29, 1.82) is 0 Å². The predicted octanol–water partition coefficient (Wildman–Crippen LogP) is 4.68. The molecule has 1 aliphatic rings. The highest BCUT2D eigenvalue weighted by Gasteiger charge is 2.29. The van der Waals surface area contributed by atoms with E-state index >= 15 is 0 Å². The molecule has 1 amide bonds. The molecule has 0 atom stereocenters. The van der Waals surface area contributed by atoms with E-state index in [0.717, 1.165) is 22.3 Å². The molecule has 3 aromatic rings. The van der Waals surface area contributed by atoms with Crippen molar-refractivity contribution in [2.45, 2.75) is 12.3 Å². The number of amides is 1. The number of carbonyl (C=O) groups excluding carboxylic acids is 1. The van der Waals surface area contributed by atoms with Gasteiger partial charge in [-0.3, -0.25) is 9.69 Å². The number of rotatable bonds is 5. The standard InChI is InChI=1S/C26H21NO4/c1-3-17-12-18(15-25(28)29)14-19(13-17)27(2)26(30)31-16-24-22-10-6-4-8-20(22)21-9-5-7-11-23(21)24/h1,4-14,24H,15-16H2,2H3,(H,28,29). The van der Waals surface area contributed by atoms with Crippen LogP contribution in [0.25, 0.3) is 11.1 Å². The molecule has 0 saturated heterocycles. The van der Waals surface area contributed by atoms with E-state index in [2.05, 4.69) is 30.2 Å². The van der Waals surface area contributed by atoms with Crippen molar-refractivity contribution in [3.63, 3.8) is 0 Å². The van der Waals surface area contributed by atoms with Crippen LogP contribution in [0.15, 0.2) is 66.7 Å². The zero-order valence-corrected chi connectivity index (χ0v) is 17.0. The van der Waals surface area contributed by atoms with Gasteiger partial charge in [0.15, 0.2) is 0 Å². The van der Waals surface area contributed by atoms with Gasteiger partial charge in [0.1, 0.15) is 6.61 Å². The Morgan fingerprint density at radius 1 is 1.03 bits per heavy atom. The number of terminal acetylenes is 1. The first kappa shape index (κ1) is 20.2. The lowest BCUT2D eigenvalue weighted by Gasteiger charge is -2.20. The first-order valence-corrected chi connectivity index (χ1v) is 9.89. The second-order valence-electron chi connectivity index (χ2n) is 7.47. The summed E-state index contributed by atoms with van der Waals surface area (Å²) in [5.74, 6) is 1.50. The molecule has 5 heteroatoms. The normalized spacial score (nSPS) is 11.9. The number of carboxylic acids is 1. The van der Waals surface area contributed by atoms with Crippen LogP contribution in [-0.2, 0) is 16.0 Å². The van der Waals surface area contributed by atoms with Crippen LogP contribution < -0.4 is 4.90 Å². The maximum absolute atomic E-state index is 12.8. The summed E-state index contributed by atoms with van der Waals surface area (Å²) >= 11 is 0. The second kappa shape index (κ2) is 8.37. The Hall–Kier alpha value is -4.04. The highest BCUT2D eigenvalue weighted by molar-refractivity contribution is 5.88. The van der Waals surface area contributed by atoms with Gasteiger partial charge >= 0.3 is 12.1 Å². The lowest BCUT2D eigenvalue weighted by atomic mass is 9.98. The fourth-order valence-electron chi connectivity index (χ4n) is 4.02. The predicted molar refractivity (Wildman–Crippen MR) is 119 cm³/mol. The Balaban J connectivity index is 1.53. The molecular weight excluding hydrogens is 390 g/mol. The van der Waals surface area contributed by atoms with Crippen LogP contribution in [-0.4, -0.2) is 30.8 Å². The summed E-state index contributed by atoms with van der Waals surface area (Å²) in [4.78, 5) is 25.2. The zero-order chi connectivity index (χ0) is 22.0. The van der Waals surface area contributed by atoms with E-state index in [1.54, 1.807) is 25.2 Å². The summed E-state index contributed by atoms with van der Waals surface area (Å²) in [5.41, 5.74) is 6.11. The minimum absolute atomic E-state index is 0.0376. The highest BCUT2D eigenvalue weighted by atomic mass is 16.6. The Morgan fingerprint density at radius 3 is 2.23 bits per heavy atom. The van der Waals surface area contributed by atoms with Crippen molar-refractivity contribution in [2.75, 3.05) is 18.6 Å². The summed E-state index contributed by atoms with van der Waals surface area (Å²) in [6.45, 7) is 0.202. The third-order valence-electron chi connectivity index (χ3n) is 5.50. The first-order chi connectivity index (χ1) is 15.0. The van der Waals surface area contributed by atoms with Crippen molar-refractivity contribution in [1.82, 2.24) is 0 Å². The Labute approximate surface area is 180 Å². The molecule has 0 aliphatic heterocycles. The van der Waals surface area contributed by atoms with Crippen LogP contribution >= 0.6 is 0 Å². The molecule has 0 saturated carbocycles. The number of fused-ring (bicyclic) bond motifs is 3. The number of hydrogen-bond donors (Lipinski definition) is 1. The van der Waals surface area contributed by atoms with Crippen molar-refractivity contribution >= 4 is 17.7 Å². The number of benzene rings is 3. The van der Waals surface area contributed by atoms with E-state index in [1.165, 1.54) is 4.90 Å². The van der Waals surface area contributed by atoms with Gasteiger partial charge in [-0.1, -0.05) is 54.5 Å². The molecule has 0 bridgehead atoms. The van der Waals surface area contributed by atoms with E-state index in [1.807, 2.05) is 24.3 Å². The molecule has 0 fully saturated rings. The molecule has 31 heavy (non-hydrogen) atoms. The highest BCUT2D eigenvalue weighted by Crippen LogP contribution is 2.44. The summed E-state index contributed by atoms with van der Waals surface area (Å²) in [6, 6.07) is 21.2. The maximum Gasteiger partial charge on any atom is 0.414 e. The number of aliphatic carboxylic acids is 1. The maximum atomic E-state index is 12.8. The lowest BCUT2D eigenvalue weighted by Crippen LogP contribution is -2.28. The Morgan fingerprint density at radius 2 is 1.65 bits per heavy atom. The summed E-state index contributed by atoms with van der Waals surface area (Å²) in [6.07, 6.45) is 4.78. The SMILES string of the molecule is C#Cc1cc(CC(=O)O)cc(N(C)C(=O)OCC2c3ccccc3-c3ccccc32)c1. The van der Waals surface area contributed by atoms with Crippen LogP contribution in [0.3, 0.4) is 0 Å². The van der Waals surface area contributed by atoms with Gasteiger partial charge in [0.2, 0.25) is 0 Å². The molecule has 154 valence electrons. The molecule has 0 aromatic heterocycles. The largest absolute Gasteiger partial charge is 0.481 e. The monoisotopic (exact) mass is 411 g/mol. The summed E-state index contributed by atoms with van der Waals surface area (Å²) in [5, 5.41) is 9.08. The minimum atomic E-state index is -0.969. The van der Waals surface area contributed by atoms with E-state index < -0.39 is 12.1 Å². The van der Waals surface area contributed by atoms with Crippen LogP contribution in [0.4, 0.5) is 10.5 Å². The average molecular weight is 411 g/mol. The first-order valence-electron chi connectivity index (χ1n) is 9.89. The minimum Gasteiger partial charge on any atom is -0.481 e. The molecule has 0 radical (unpaired) electrons. The topological polar surface area (TPSA) is 66.8 Å². The van der Waals surface area contributed by atoms with Gasteiger partial charge in [-0.15, -0.1) is 6.42 Å². The number of hydrogen-bond acceptors (Lipinski definition) is 3. The van der Waals surface area contributed by atoms with E-state index in [4.69, 9.17) is 16.3 Å². The number of anilines is 1. The number of ether oxygens (including phenoxy) is 1. The third-order valence-corrected chi connectivity index (χ3v) is 5.50. The number of carbonyl (C=O) groups is 2. The van der Waals surface area contributed by atoms with Crippen LogP contribution in [0.1, 0.15) is 28.2 Å². The molecule has 0 spiro atoms. The van der Waals surface area contributed by atoms with Gasteiger partial charge < -0.3 is 9.84 Å². The van der Waals surface area contributed by atoms with Gasteiger partial charge in [-0.2, -0.15) is 0 Å². The number of carboxylic acid groups (broad SMARTS) is 1. The molecule has 5 nitrogen and oxygen atoms in total. The summed E-state index contributed by atoms with van der Waals surface area (Å²) in [7, 11) is 1.58. The van der Waals surface area contributed by atoms with Gasteiger partial charge in [-0.25, -0.2) is 4.79 Å².